The fourth-order valence-corrected chi connectivity index (χ4v) is 8.15. The fraction of sp³-hybridized carbons (Fsp3) is 0.0256. The Hall–Kier alpha value is -5.94. The molecule has 0 aliphatic carbocycles. The second kappa shape index (κ2) is 7.71. The lowest BCUT2D eigenvalue weighted by Gasteiger charge is -2.33. The van der Waals surface area contributed by atoms with E-state index in [1.165, 1.54) is 38.5 Å². The van der Waals surface area contributed by atoms with Gasteiger partial charge >= 0.3 is 5.66 Å². The topological polar surface area (TPSA) is 26.8 Å². The standard InChI is InChI=1S/C39H24N4O/c1-2-10-25(11-3-1)26-12-8-13-27(24-26)30-21-23-41-32-16-9-17-33-36(32)39(43(30)41)37-34(44-33)20-19-29-28-14-4-5-15-31(28)42(38(29)37)35-18-6-7-22-40(35)39/h1-24H/q+2. The van der Waals surface area contributed by atoms with E-state index < -0.39 is 5.66 Å². The minimum absolute atomic E-state index is 0.707. The third-order valence-corrected chi connectivity index (χ3v) is 9.77. The zero-order chi connectivity index (χ0) is 28.6. The Balaban J connectivity index is 1.33. The van der Waals surface area contributed by atoms with Gasteiger partial charge in [0.1, 0.15) is 28.3 Å². The Morgan fingerprint density at radius 2 is 1.39 bits per heavy atom. The van der Waals surface area contributed by atoms with Crippen LogP contribution in [0.3, 0.4) is 0 Å². The SMILES string of the molecule is c1ccc(-c2cccc(-c3ccn4[n+]3C35c6c(cccc6-4)Oc4ccc6c7ccccc7n(c6c43)-c3cccc[n+]35)c2)cc1. The van der Waals surface area contributed by atoms with Crippen molar-refractivity contribution in [2.45, 2.75) is 5.66 Å². The number of aromatic nitrogens is 4. The molecule has 5 nitrogen and oxygen atoms in total. The summed E-state index contributed by atoms with van der Waals surface area (Å²) in [7, 11) is 0. The minimum atomic E-state index is -0.707. The van der Waals surface area contributed by atoms with Gasteiger partial charge in [-0.25, -0.2) is 0 Å². The van der Waals surface area contributed by atoms with Gasteiger partial charge in [-0.05, 0) is 70.4 Å². The Kier molecular flexibility index (Phi) is 3.97. The number of benzene rings is 5. The van der Waals surface area contributed by atoms with E-state index in [-0.39, 0.29) is 0 Å². The van der Waals surface area contributed by atoms with Crippen molar-refractivity contribution in [3.8, 4) is 45.4 Å². The summed E-state index contributed by atoms with van der Waals surface area (Å²) in [6, 6.07) is 47.9. The quantitative estimate of drug-likeness (QED) is 0.200. The van der Waals surface area contributed by atoms with Gasteiger partial charge in [-0.1, -0.05) is 66.7 Å². The molecule has 3 aliphatic rings. The number of pyridine rings is 1. The summed E-state index contributed by atoms with van der Waals surface area (Å²) in [6.45, 7) is 0. The molecule has 6 heterocycles. The molecule has 3 aromatic heterocycles. The first-order chi connectivity index (χ1) is 21.8. The summed E-state index contributed by atoms with van der Waals surface area (Å²) in [5.74, 6) is 2.90. The maximum absolute atomic E-state index is 6.81. The van der Waals surface area contributed by atoms with E-state index in [4.69, 9.17) is 4.74 Å². The third-order valence-electron chi connectivity index (χ3n) is 9.77. The second-order valence-electron chi connectivity index (χ2n) is 11.8. The number of hydrogen-bond acceptors (Lipinski definition) is 1. The maximum atomic E-state index is 6.81. The summed E-state index contributed by atoms with van der Waals surface area (Å²) in [5.41, 5.74) is 9.85. The molecule has 5 heteroatoms. The van der Waals surface area contributed by atoms with Gasteiger partial charge in [-0.2, -0.15) is 9.13 Å². The molecule has 5 aromatic carbocycles. The van der Waals surface area contributed by atoms with E-state index in [0.717, 1.165) is 39.8 Å². The van der Waals surface area contributed by atoms with Crippen LogP contribution in [0, 0.1) is 0 Å². The number of rotatable bonds is 2. The number of fused-ring (bicyclic) bond motifs is 7. The van der Waals surface area contributed by atoms with Crippen LogP contribution in [0.4, 0.5) is 0 Å². The van der Waals surface area contributed by atoms with Gasteiger partial charge in [0.05, 0.1) is 12.4 Å². The molecule has 1 unspecified atom stereocenters. The van der Waals surface area contributed by atoms with Crippen molar-refractivity contribution in [1.29, 1.82) is 0 Å². The highest BCUT2D eigenvalue weighted by Crippen LogP contribution is 2.55. The number of hydrogen-bond donors (Lipinski definition) is 0. The highest BCUT2D eigenvalue weighted by Gasteiger charge is 2.69. The normalized spacial score (nSPS) is 16.5. The Morgan fingerprint density at radius 1 is 0.591 bits per heavy atom. The van der Waals surface area contributed by atoms with Gasteiger partial charge in [-0.15, -0.1) is 4.68 Å². The molecule has 1 spiro atoms. The van der Waals surface area contributed by atoms with Crippen molar-refractivity contribution < 1.29 is 14.0 Å². The average Bonchev–Trinajstić information content (AvgIpc) is 3.76. The largest absolute Gasteiger partial charge is 0.456 e. The van der Waals surface area contributed by atoms with Crippen molar-refractivity contribution >= 4 is 21.8 Å². The summed E-state index contributed by atoms with van der Waals surface area (Å²) in [5, 5.41) is 2.47. The van der Waals surface area contributed by atoms with Gasteiger partial charge < -0.3 is 4.74 Å². The molecule has 0 N–H and O–H groups in total. The van der Waals surface area contributed by atoms with Crippen molar-refractivity contribution in [2.24, 2.45) is 0 Å². The summed E-state index contributed by atoms with van der Waals surface area (Å²) >= 11 is 0. The van der Waals surface area contributed by atoms with Crippen LogP contribution in [-0.4, -0.2) is 9.25 Å². The molecule has 0 radical (unpaired) electrons. The lowest BCUT2D eigenvalue weighted by molar-refractivity contribution is -0.988. The van der Waals surface area contributed by atoms with Crippen LogP contribution >= 0.6 is 0 Å². The van der Waals surface area contributed by atoms with E-state index in [1.54, 1.807) is 0 Å². The molecule has 11 rings (SSSR count). The Labute approximate surface area is 252 Å². The minimum Gasteiger partial charge on any atom is -0.456 e. The second-order valence-corrected chi connectivity index (χ2v) is 11.8. The lowest BCUT2D eigenvalue weighted by Crippen LogP contribution is -2.77. The van der Waals surface area contributed by atoms with E-state index in [1.807, 2.05) is 0 Å². The molecule has 0 fully saturated rings. The van der Waals surface area contributed by atoms with Crippen LogP contribution in [0.2, 0.25) is 0 Å². The van der Waals surface area contributed by atoms with E-state index in [9.17, 15) is 0 Å². The fourth-order valence-electron chi connectivity index (χ4n) is 8.15. The summed E-state index contributed by atoms with van der Waals surface area (Å²) in [6.07, 6.45) is 4.45. The third kappa shape index (κ3) is 2.47. The lowest BCUT2D eigenvalue weighted by atomic mass is 9.84. The molecule has 1 atom stereocenters. The van der Waals surface area contributed by atoms with Gasteiger partial charge in [0.2, 0.25) is 5.69 Å². The monoisotopic (exact) mass is 564 g/mol. The molecule has 0 bridgehead atoms. The highest BCUT2D eigenvalue weighted by molar-refractivity contribution is 6.11. The van der Waals surface area contributed by atoms with Gasteiger partial charge in [0.15, 0.2) is 11.1 Å². The molecular weight excluding hydrogens is 540 g/mol. The molecule has 0 amide bonds. The van der Waals surface area contributed by atoms with E-state index >= 15 is 0 Å². The molecule has 44 heavy (non-hydrogen) atoms. The van der Waals surface area contributed by atoms with Gasteiger partial charge in [0.25, 0.3) is 5.82 Å². The molecular formula is C39H24N4O+2. The summed E-state index contributed by atoms with van der Waals surface area (Å²) < 4.78 is 16.5. The Morgan fingerprint density at radius 3 is 2.34 bits per heavy atom. The average molecular weight is 565 g/mol. The van der Waals surface area contributed by atoms with Crippen LogP contribution in [-0.2, 0) is 5.66 Å². The van der Waals surface area contributed by atoms with Crippen LogP contribution in [0.25, 0.3) is 55.7 Å². The van der Waals surface area contributed by atoms with Crippen molar-refractivity contribution in [3.05, 3.63) is 157 Å². The van der Waals surface area contributed by atoms with Crippen LogP contribution in [0.15, 0.2) is 146 Å². The van der Waals surface area contributed by atoms with E-state index in [0.29, 0.717) is 0 Å². The van der Waals surface area contributed by atoms with Crippen molar-refractivity contribution in [3.63, 3.8) is 0 Å². The van der Waals surface area contributed by atoms with Crippen molar-refractivity contribution in [1.82, 2.24) is 9.25 Å². The Bertz CT molecular complexity index is 2540. The van der Waals surface area contributed by atoms with Crippen LogP contribution in [0.1, 0.15) is 11.1 Å². The molecule has 0 saturated carbocycles. The zero-order valence-corrected chi connectivity index (χ0v) is 23.6. The first kappa shape index (κ1) is 22.6. The smallest absolute Gasteiger partial charge is 0.398 e. The molecule has 8 aromatic rings. The van der Waals surface area contributed by atoms with Crippen molar-refractivity contribution in [2.75, 3.05) is 0 Å². The predicted octanol–water partition coefficient (Wildman–Crippen LogP) is 7.51. The van der Waals surface area contributed by atoms with Crippen LogP contribution in [0.5, 0.6) is 11.5 Å². The number of nitrogens with zero attached hydrogens (tertiary/aromatic N) is 4. The molecule has 3 aliphatic heterocycles. The van der Waals surface area contributed by atoms with Crippen LogP contribution < -0.4 is 14.0 Å². The van der Waals surface area contributed by atoms with Gasteiger partial charge in [-0.3, -0.25) is 0 Å². The van der Waals surface area contributed by atoms with E-state index in [2.05, 4.69) is 164 Å². The molecule has 204 valence electrons. The predicted molar refractivity (Wildman–Crippen MR) is 169 cm³/mol. The first-order valence-corrected chi connectivity index (χ1v) is 15.0. The zero-order valence-electron chi connectivity index (χ0n) is 23.6. The number of para-hydroxylation sites is 1. The summed E-state index contributed by atoms with van der Waals surface area (Å²) in [4.78, 5) is 0. The first-order valence-electron chi connectivity index (χ1n) is 15.0. The molecule has 0 saturated heterocycles. The number of ether oxygens (including phenoxy) is 1. The maximum Gasteiger partial charge on any atom is 0.398 e. The highest BCUT2D eigenvalue weighted by atomic mass is 16.5. The van der Waals surface area contributed by atoms with Gasteiger partial charge in [0, 0.05) is 28.5 Å².